The molecule has 0 bridgehead atoms. The predicted molar refractivity (Wildman–Crippen MR) is 78.7 cm³/mol. The van der Waals surface area contributed by atoms with Crippen LogP contribution in [-0.2, 0) is 6.54 Å². The number of nitrogens with two attached hydrogens (primary N) is 2. The fraction of sp³-hybridized carbons (Fsp3) is 0.0833. The maximum absolute atomic E-state index is 11.2. The minimum absolute atomic E-state index is 0.340. The number of hydrogen-bond donors (Lipinski definition) is 3. The molecule has 1 aromatic carbocycles. The number of primary amides is 1. The summed E-state index contributed by atoms with van der Waals surface area (Å²) in [5.41, 5.74) is 12.6. The standard InChI is InChI=1S/C12H12BrN3OS/c13-10-5-4-7(18-10)6-16-9-3-1-2-8(11(9)14)12(15)17/h1-5,16H,6,14H2,(H2,15,17). The molecule has 0 atom stereocenters. The molecule has 1 aromatic heterocycles. The van der Waals surface area contributed by atoms with Gasteiger partial charge in [-0.15, -0.1) is 11.3 Å². The van der Waals surface area contributed by atoms with Crippen LogP contribution in [-0.4, -0.2) is 5.91 Å². The Kier molecular flexibility index (Phi) is 3.88. The number of halogens is 1. The Morgan fingerprint density at radius 3 is 2.72 bits per heavy atom. The van der Waals surface area contributed by atoms with Gasteiger partial charge in [-0.25, -0.2) is 0 Å². The number of nitrogen functional groups attached to an aromatic ring is 1. The largest absolute Gasteiger partial charge is 0.396 e. The second-order valence-electron chi connectivity index (χ2n) is 3.69. The zero-order chi connectivity index (χ0) is 13.1. The molecule has 2 rings (SSSR count). The number of benzene rings is 1. The maximum Gasteiger partial charge on any atom is 0.250 e. The Morgan fingerprint density at radius 2 is 2.11 bits per heavy atom. The van der Waals surface area contributed by atoms with Crippen LogP contribution < -0.4 is 16.8 Å². The van der Waals surface area contributed by atoms with Gasteiger partial charge in [-0.2, -0.15) is 0 Å². The van der Waals surface area contributed by atoms with Gasteiger partial charge >= 0.3 is 0 Å². The summed E-state index contributed by atoms with van der Waals surface area (Å²) in [5, 5.41) is 3.19. The number of amides is 1. The number of carbonyl (C=O) groups excluding carboxylic acids is 1. The van der Waals surface area contributed by atoms with E-state index in [4.69, 9.17) is 11.5 Å². The molecule has 0 spiro atoms. The van der Waals surface area contributed by atoms with Crippen molar-refractivity contribution < 1.29 is 4.79 Å². The van der Waals surface area contributed by atoms with Gasteiger partial charge in [0.05, 0.1) is 20.7 Å². The number of carbonyl (C=O) groups is 1. The van der Waals surface area contributed by atoms with Gasteiger partial charge < -0.3 is 16.8 Å². The van der Waals surface area contributed by atoms with Gasteiger partial charge in [-0.05, 0) is 40.2 Å². The van der Waals surface area contributed by atoms with E-state index in [2.05, 4.69) is 21.2 Å². The summed E-state index contributed by atoms with van der Waals surface area (Å²) in [7, 11) is 0. The van der Waals surface area contributed by atoms with E-state index in [-0.39, 0.29) is 0 Å². The summed E-state index contributed by atoms with van der Waals surface area (Å²) in [4.78, 5) is 12.3. The lowest BCUT2D eigenvalue weighted by Crippen LogP contribution is -2.14. The third-order valence-corrected chi connectivity index (χ3v) is 4.08. The number of thiophene rings is 1. The van der Waals surface area contributed by atoms with Crippen molar-refractivity contribution in [1.29, 1.82) is 0 Å². The first-order chi connectivity index (χ1) is 8.58. The lowest BCUT2D eigenvalue weighted by molar-refractivity contribution is 0.100. The lowest BCUT2D eigenvalue weighted by atomic mass is 10.1. The highest BCUT2D eigenvalue weighted by Gasteiger charge is 2.09. The summed E-state index contributed by atoms with van der Waals surface area (Å²) >= 11 is 5.05. The second-order valence-corrected chi connectivity index (χ2v) is 6.24. The van der Waals surface area contributed by atoms with E-state index in [1.807, 2.05) is 18.2 Å². The van der Waals surface area contributed by atoms with E-state index in [1.54, 1.807) is 23.5 Å². The van der Waals surface area contributed by atoms with Crippen LogP contribution >= 0.6 is 27.3 Å². The number of para-hydroxylation sites is 1. The third-order valence-electron chi connectivity index (χ3n) is 2.45. The third kappa shape index (κ3) is 2.83. The highest BCUT2D eigenvalue weighted by Crippen LogP contribution is 2.26. The van der Waals surface area contributed by atoms with Crippen LogP contribution in [0.3, 0.4) is 0 Å². The van der Waals surface area contributed by atoms with Crippen molar-refractivity contribution in [3.05, 3.63) is 44.6 Å². The van der Waals surface area contributed by atoms with Crippen LogP contribution in [0.2, 0.25) is 0 Å². The Labute approximate surface area is 117 Å². The van der Waals surface area contributed by atoms with Gasteiger partial charge in [-0.1, -0.05) is 6.07 Å². The molecule has 0 fully saturated rings. The van der Waals surface area contributed by atoms with Gasteiger partial charge in [0.25, 0.3) is 5.91 Å². The molecule has 18 heavy (non-hydrogen) atoms. The SMILES string of the molecule is NC(=O)c1cccc(NCc2ccc(Br)s2)c1N. The average molecular weight is 326 g/mol. The fourth-order valence-corrected chi connectivity index (χ4v) is 2.99. The molecule has 0 saturated heterocycles. The van der Waals surface area contributed by atoms with Gasteiger partial charge in [0, 0.05) is 11.4 Å². The van der Waals surface area contributed by atoms with E-state index in [0.717, 1.165) is 9.47 Å². The number of anilines is 2. The monoisotopic (exact) mass is 325 g/mol. The Balaban J connectivity index is 2.14. The van der Waals surface area contributed by atoms with Crippen molar-refractivity contribution in [3.63, 3.8) is 0 Å². The molecule has 6 heteroatoms. The van der Waals surface area contributed by atoms with E-state index in [1.165, 1.54) is 4.88 Å². The lowest BCUT2D eigenvalue weighted by Gasteiger charge is -2.10. The summed E-state index contributed by atoms with van der Waals surface area (Å²) < 4.78 is 1.08. The number of nitrogens with one attached hydrogen (secondary N) is 1. The topological polar surface area (TPSA) is 81.1 Å². The highest BCUT2D eigenvalue weighted by atomic mass is 79.9. The van der Waals surface area contributed by atoms with Crippen LogP contribution in [0.4, 0.5) is 11.4 Å². The molecular formula is C12H12BrN3OS. The highest BCUT2D eigenvalue weighted by molar-refractivity contribution is 9.11. The smallest absolute Gasteiger partial charge is 0.250 e. The first-order valence-electron chi connectivity index (χ1n) is 5.24. The Bertz CT molecular complexity index is 582. The molecule has 0 aliphatic carbocycles. The molecule has 0 aliphatic heterocycles. The zero-order valence-electron chi connectivity index (χ0n) is 9.44. The molecule has 0 unspecified atom stereocenters. The van der Waals surface area contributed by atoms with Crippen LogP contribution in [0.15, 0.2) is 34.1 Å². The molecule has 0 radical (unpaired) electrons. The van der Waals surface area contributed by atoms with E-state index >= 15 is 0 Å². The molecule has 1 amide bonds. The molecule has 4 nitrogen and oxygen atoms in total. The molecule has 0 aliphatic rings. The van der Waals surface area contributed by atoms with E-state index in [0.29, 0.717) is 17.8 Å². The summed E-state index contributed by atoms with van der Waals surface area (Å²) in [6.07, 6.45) is 0. The van der Waals surface area contributed by atoms with Crippen molar-refractivity contribution >= 4 is 44.5 Å². The van der Waals surface area contributed by atoms with Crippen molar-refractivity contribution in [3.8, 4) is 0 Å². The molecular weight excluding hydrogens is 314 g/mol. The first-order valence-corrected chi connectivity index (χ1v) is 6.85. The minimum Gasteiger partial charge on any atom is -0.396 e. The van der Waals surface area contributed by atoms with Crippen molar-refractivity contribution in [2.75, 3.05) is 11.1 Å². The Hall–Kier alpha value is -1.53. The van der Waals surface area contributed by atoms with Gasteiger partial charge in [0.2, 0.25) is 0 Å². The first kappa shape index (κ1) is 12.9. The minimum atomic E-state index is -0.519. The van der Waals surface area contributed by atoms with Crippen LogP contribution in [0.5, 0.6) is 0 Å². The fourth-order valence-electron chi connectivity index (χ4n) is 1.56. The molecule has 94 valence electrons. The van der Waals surface area contributed by atoms with Crippen molar-refractivity contribution in [2.24, 2.45) is 5.73 Å². The van der Waals surface area contributed by atoms with Crippen LogP contribution in [0.25, 0.3) is 0 Å². The summed E-state index contributed by atoms with van der Waals surface area (Å²) in [5.74, 6) is -0.519. The van der Waals surface area contributed by atoms with Gasteiger partial charge in [0.15, 0.2) is 0 Å². The molecule has 5 N–H and O–H groups in total. The van der Waals surface area contributed by atoms with Crippen molar-refractivity contribution in [2.45, 2.75) is 6.54 Å². The average Bonchev–Trinajstić information content (AvgIpc) is 2.73. The molecule has 2 aromatic rings. The Morgan fingerprint density at radius 1 is 1.33 bits per heavy atom. The second kappa shape index (κ2) is 5.41. The van der Waals surface area contributed by atoms with Gasteiger partial charge in [0.1, 0.15) is 0 Å². The number of hydrogen-bond acceptors (Lipinski definition) is 4. The normalized spacial score (nSPS) is 10.3. The van der Waals surface area contributed by atoms with Gasteiger partial charge in [-0.3, -0.25) is 4.79 Å². The van der Waals surface area contributed by atoms with E-state index < -0.39 is 5.91 Å². The molecule has 0 saturated carbocycles. The zero-order valence-corrected chi connectivity index (χ0v) is 11.8. The van der Waals surface area contributed by atoms with Crippen molar-refractivity contribution in [1.82, 2.24) is 0 Å². The maximum atomic E-state index is 11.2. The van der Waals surface area contributed by atoms with Crippen LogP contribution in [0, 0.1) is 0 Å². The van der Waals surface area contributed by atoms with E-state index in [9.17, 15) is 4.79 Å². The predicted octanol–water partition coefficient (Wildman–Crippen LogP) is 2.80. The number of rotatable bonds is 4. The van der Waals surface area contributed by atoms with Crippen LogP contribution in [0.1, 0.15) is 15.2 Å². The summed E-state index contributed by atoms with van der Waals surface area (Å²) in [6, 6.07) is 9.21. The quantitative estimate of drug-likeness (QED) is 0.756. The molecule has 1 heterocycles. The summed E-state index contributed by atoms with van der Waals surface area (Å²) in [6.45, 7) is 0.655.